The van der Waals surface area contributed by atoms with E-state index in [-0.39, 0.29) is 0 Å². The molecule has 128 valence electrons. The number of carboxylic acid groups (broad SMARTS) is 1. The molecule has 1 aliphatic heterocycles. The predicted molar refractivity (Wildman–Crippen MR) is 93.7 cm³/mol. The monoisotopic (exact) mass is 318 g/mol. The Hall–Kier alpha value is -1.39. The van der Waals surface area contributed by atoms with Crippen LogP contribution in [0.25, 0.3) is 0 Å². The van der Waals surface area contributed by atoms with Crippen LogP contribution in [0.5, 0.6) is 0 Å². The number of hydrogen-bond acceptors (Lipinski definition) is 3. The second-order valence-corrected chi connectivity index (χ2v) is 6.72. The van der Waals surface area contributed by atoms with Crippen LogP contribution in [-0.4, -0.2) is 41.1 Å². The van der Waals surface area contributed by atoms with E-state index in [1.807, 2.05) is 6.92 Å². The van der Waals surface area contributed by atoms with Crippen molar-refractivity contribution in [3.05, 3.63) is 34.9 Å². The van der Waals surface area contributed by atoms with Crippen molar-refractivity contribution in [1.29, 1.82) is 0 Å². The molecule has 2 N–H and O–H groups in total. The fourth-order valence-electron chi connectivity index (χ4n) is 3.46. The molecular formula is C19H30N2O2. The molecule has 0 spiro atoms. The average molecular weight is 318 g/mol. The van der Waals surface area contributed by atoms with Crippen LogP contribution >= 0.6 is 0 Å². The van der Waals surface area contributed by atoms with Crippen LogP contribution in [0.1, 0.15) is 49.3 Å². The van der Waals surface area contributed by atoms with Gasteiger partial charge in [0, 0.05) is 12.6 Å². The highest BCUT2D eigenvalue weighted by atomic mass is 16.4. The second-order valence-electron chi connectivity index (χ2n) is 6.72. The molecule has 1 fully saturated rings. The lowest BCUT2D eigenvalue weighted by Crippen LogP contribution is -2.46. The second kappa shape index (κ2) is 8.46. The molecular weight excluding hydrogens is 288 g/mol. The van der Waals surface area contributed by atoms with Crippen molar-refractivity contribution in [3.63, 3.8) is 0 Å². The number of nitrogens with one attached hydrogen (secondary N) is 1. The lowest BCUT2D eigenvalue weighted by Gasteiger charge is -2.37. The SMILES string of the molecule is CCNC(CC1CCCCN1Cc1ccc(C)c(C)c1)C(=O)O. The van der Waals surface area contributed by atoms with E-state index >= 15 is 0 Å². The zero-order chi connectivity index (χ0) is 16.8. The lowest BCUT2D eigenvalue weighted by molar-refractivity contribution is -0.140. The molecule has 2 unspecified atom stereocenters. The first-order chi connectivity index (χ1) is 11.0. The van der Waals surface area contributed by atoms with Gasteiger partial charge in [0.05, 0.1) is 0 Å². The molecule has 0 aliphatic carbocycles. The average Bonchev–Trinajstić information content (AvgIpc) is 2.52. The first-order valence-electron chi connectivity index (χ1n) is 8.77. The number of carboxylic acids is 1. The van der Waals surface area contributed by atoms with Gasteiger partial charge in [-0.15, -0.1) is 0 Å². The van der Waals surface area contributed by atoms with Crippen molar-refractivity contribution in [2.45, 2.75) is 65.1 Å². The van der Waals surface area contributed by atoms with Crippen LogP contribution in [0.4, 0.5) is 0 Å². The van der Waals surface area contributed by atoms with Gasteiger partial charge >= 0.3 is 5.97 Å². The van der Waals surface area contributed by atoms with Crippen molar-refractivity contribution in [3.8, 4) is 0 Å². The van der Waals surface area contributed by atoms with Gasteiger partial charge in [0.25, 0.3) is 0 Å². The topological polar surface area (TPSA) is 52.6 Å². The first kappa shape index (κ1) is 18.0. The number of nitrogens with zero attached hydrogens (tertiary/aromatic N) is 1. The van der Waals surface area contributed by atoms with Gasteiger partial charge in [0.1, 0.15) is 6.04 Å². The van der Waals surface area contributed by atoms with Gasteiger partial charge in [-0.3, -0.25) is 9.69 Å². The summed E-state index contributed by atoms with van der Waals surface area (Å²) in [6, 6.07) is 6.56. The van der Waals surface area contributed by atoms with Crippen LogP contribution in [0.2, 0.25) is 0 Å². The van der Waals surface area contributed by atoms with E-state index in [2.05, 4.69) is 42.3 Å². The zero-order valence-electron chi connectivity index (χ0n) is 14.6. The normalized spacial score (nSPS) is 20.4. The summed E-state index contributed by atoms with van der Waals surface area (Å²) in [5.41, 5.74) is 3.98. The third-order valence-electron chi connectivity index (χ3n) is 4.96. The van der Waals surface area contributed by atoms with E-state index in [9.17, 15) is 9.90 Å². The third-order valence-corrected chi connectivity index (χ3v) is 4.96. The molecule has 0 saturated carbocycles. The van der Waals surface area contributed by atoms with Crippen molar-refractivity contribution in [2.75, 3.05) is 13.1 Å². The highest BCUT2D eigenvalue weighted by Crippen LogP contribution is 2.24. The maximum Gasteiger partial charge on any atom is 0.320 e. The Bertz CT molecular complexity index is 530. The van der Waals surface area contributed by atoms with Crippen molar-refractivity contribution in [2.24, 2.45) is 0 Å². The molecule has 2 atom stereocenters. The molecule has 1 saturated heterocycles. The van der Waals surface area contributed by atoms with E-state index < -0.39 is 12.0 Å². The van der Waals surface area contributed by atoms with Gasteiger partial charge in [0.15, 0.2) is 0 Å². The quantitative estimate of drug-likeness (QED) is 0.811. The molecule has 23 heavy (non-hydrogen) atoms. The van der Waals surface area contributed by atoms with Gasteiger partial charge in [0.2, 0.25) is 0 Å². The fraction of sp³-hybridized carbons (Fsp3) is 0.632. The van der Waals surface area contributed by atoms with Crippen LogP contribution in [-0.2, 0) is 11.3 Å². The number of carbonyl (C=O) groups is 1. The number of aliphatic carboxylic acids is 1. The number of likely N-dealkylation sites (tertiary alicyclic amines) is 1. The minimum Gasteiger partial charge on any atom is -0.480 e. The Balaban J connectivity index is 2.05. The summed E-state index contributed by atoms with van der Waals surface area (Å²) in [6.45, 7) is 8.93. The summed E-state index contributed by atoms with van der Waals surface area (Å²) < 4.78 is 0. The molecule has 1 aliphatic rings. The van der Waals surface area contributed by atoms with E-state index in [4.69, 9.17) is 0 Å². The fourth-order valence-corrected chi connectivity index (χ4v) is 3.46. The standard InChI is InChI=1S/C19H30N2O2/c1-4-20-18(19(22)23)12-17-7-5-6-10-21(17)13-16-9-8-14(2)15(3)11-16/h8-9,11,17-18,20H,4-7,10,12-13H2,1-3H3,(H,22,23). The third kappa shape index (κ3) is 5.05. The number of rotatable bonds is 7. The molecule has 1 aromatic rings. The van der Waals surface area contributed by atoms with Crippen LogP contribution in [0, 0.1) is 13.8 Å². The molecule has 0 aromatic heterocycles. The number of likely N-dealkylation sites (N-methyl/N-ethyl adjacent to an activating group) is 1. The Labute approximate surface area is 139 Å². The summed E-state index contributed by atoms with van der Waals surface area (Å²) in [5, 5.41) is 12.5. The minimum absolute atomic E-state index is 0.352. The molecule has 1 heterocycles. The first-order valence-corrected chi connectivity index (χ1v) is 8.77. The molecule has 0 amide bonds. The number of piperidine rings is 1. The van der Waals surface area contributed by atoms with Gasteiger partial charge < -0.3 is 10.4 Å². The van der Waals surface area contributed by atoms with E-state index in [0.717, 1.165) is 19.5 Å². The Morgan fingerprint density at radius 3 is 2.78 bits per heavy atom. The lowest BCUT2D eigenvalue weighted by atomic mass is 9.94. The predicted octanol–water partition coefficient (Wildman–Crippen LogP) is 3.11. The molecule has 1 aromatic carbocycles. The summed E-state index contributed by atoms with van der Waals surface area (Å²) >= 11 is 0. The van der Waals surface area contributed by atoms with Crippen molar-refractivity contribution >= 4 is 5.97 Å². The van der Waals surface area contributed by atoms with Crippen molar-refractivity contribution < 1.29 is 9.90 Å². The van der Waals surface area contributed by atoms with E-state index in [1.165, 1.54) is 29.5 Å². The van der Waals surface area contributed by atoms with Gasteiger partial charge in [-0.05, 0) is 62.9 Å². The zero-order valence-corrected chi connectivity index (χ0v) is 14.6. The maximum atomic E-state index is 11.4. The number of aryl methyl sites for hydroxylation is 2. The maximum absolute atomic E-state index is 11.4. The van der Waals surface area contributed by atoms with Crippen LogP contribution < -0.4 is 5.32 Å². The molecule has 4 heteroatoms. The molecule has 4 nitrogen and oxygen atoms in total. The molecule has 0 bridgehead atoms. The number of hydrogen-bond donors (Lipinski definition) is 2. The Kier molecular flexibility index (Phi) is 6.60. The highest BCUT2D eigenvalue weighted by Gasteiger charge is 2.28. The minimum atomic E-state index is -0.733. The van der Waals surface area contributed by atoms with E-state index in [0.29, 0.717) is 19.0 Å². The number of benzene rings is 1. The van der Waals surface area contributed by atoms with Crippen LogP contribution in [0.3, 0.4) is 0 Å². The van der Waals surface area contributed by atoms with Crippen molar-refractivity contribution in [1.82, 2.24) is 10.2 Å². The molecule has 2 rings (SSSR count). The Morgan fingerprint density at radius 1 is 1.35 bits per heavy atom. The van der Waals surface area contributed by atoms with E-state index in [1.54, 1.807) is 0 Å². The highest BCUT2D eigenvalue weighted by molar-refractivity contribution is 5.73. The largest absolute Gasteiger partial charge is 0.480 e. The van der Waals surface area contributed by atoms with Gasteiger partial charge in [-0.1, -0.05) is 31.5 Å². The molecule has 0 radical (unpaired) electrons. The van der Waals surface area contributed by atoms with Crippen LogP contribution in [0.15, 0.2) is 18.2 Å². The van der Waals surface area contributed by atoms with Gasteiger partial charge in [-0.2, -0.15) is 0 Å². The summed E-state index contributed by atoms with van der Waals surface area (Å²) in [4.78, 5) is 13.9. The summed E-state index contributed by atoms with van der Waals surface area (Å²) in [7, 11) is 0. The summed E-state index contributed by atoms with van der Waals surface area (Å²) in [6.07, 6.45) is 4.20. The summed E-state index contributed by atoms with van der Waals surface area (Å²) in [5.74, 6) is -0.733. The smallest absolute Gasteiger partial charge is 0.320 e. The van der Waals surface area contributed by atoms with Gasteiger partial charge in [-0.25, -0.2) is 0 Å². The Morgan fingerprint density at radius 2 is 2.13 bits per heavy atom.